The maximum Gasteiger partial charge on any atom is 0.0469 e. The van der Waals surface area contributed by atoms with Gasteiger partial charge in [-0.15, -0.1) is 0 Å². The van der Waals surface area contributed by atoms with Gasteiger partial charge in [-0.3, -0.25) is 0 Å². The molecule has 2 rings (SSSR count). The first-order valence-corrected chi connectivity index (χ1v) is 5.01. The summed E-state index contributed by atoms with van der Waals surface area (Å²) in [5.41, 5.74) is 3.81. The molecule has 2 aromatic rings. The molecule has 1 aromatic heterocycles. The molecule has 0 saturated carbocycles. The van der Waals surface area contributed by atoms with Crippen LogP contribution in [-0.4, -0.2) is 4.98 Å². The second kappa shape index (κ2) is 2.76. The largest absolute Gasteiger partial charge is 0.358 e. The molecule has 0 saturated heterocycles. The van der Waals surface area contributed by atoms with Crippen molar-refractivity contribution in [1.29, 1.82) is 0 Å². The van der Waals surface area contributed by atoms with E-state index in [-0.39, 0.29) is 0 Å². The zero-order valence-electron chi connectivity index (χ0n) is 7.11. The van der Waals surface area contributed by atoms with Gasteiger partial charge in [0.05, 0.1) is 0 Å². The minimum Gasteiger partial charge on any atom is -0.358 e. The normalized spacial score (nSPS) is 10.9. The Hall–Kier alpha value is -0.510. The molecule has 62 valence electrons. The molecule has 0 amide bonds. The minimum absolute atomic E-state index is 1.25. The Balaban J connectivity index is 2.87. The van der Waals surface area contributed by atoms with Crippen molar-refractivity contribution < 1.29 is 0 Å². The summed E-state index contributed by atoms with van der Waals surface area (Å²) in [7, 11) is 0. The average molecular weight is 271 g/mol. The van der Waals surface area contributed by atoms with Gasteiger partial charge in [0, 0.05) is 20.2 Å². The topological polar surface area (TPSA) is 15.8 Å². The quantitative estimate of drug-likeness (QED) is 0.707. The summed E-state index contributed by atoms with van der Waals surface area (Å²) in [6.45, 7) is 4.22. The lowest BCUT2D eigenvalue weighted by atomic mass is 10.2. The van der Waals surface area contributed by atoms with Gasteiger partial charge in [0.15, 0.2) is 0 Å². The smallest absolute Gasteiger partial charge is 0.0469 e. The van der Waals surface area contributed by atoms with Crippen molar-refractivity contribution in [2.24, 2.45) is 0 Å². The highest BCUT2D eigenvalue weighted by atomic mass is 127. The van der Waals surface area contributed by atoms with E-state index in [1.54, 1.807) is 0 Å². The van der Waals surface area contributed by atoms with Gasteiger partial charge in [-0.25, -0.2) is 0 Å². The van der Waals surface area contributed by atoms with Crippen LogP contribution < -0.4 is 0 Å². The highest BCUT2D eigenvalue weighted by Gasteiger charge is 2.03. The molecular weight excluding hydrogens is 261 g/mol. The van der Waals surface area contributed by atoms with E-state index in [0.717, 1.165) is 0 Å². The molecule has 12 heavy (non-hydrogen) atoms. The number of nitrogens with one attached hydrogen (secondary N) is 1. The molecule has 0 radical (unpaired) electrons. The summed E-state index contributed by atoms with van der Waals surface area (Å²) in [5.74, 6) is 0. The molecule has 0 aliphatic carbocycles. The van der Waals surface area contributed by atoms with E-state index < -0.39 is 0 Å². The fourth-order valence-electron chi connectivity index (χ4n) is 1.41. The van der Waals surface area contributed by atoms with Crippen LogP contribution in [0.5, 0.6) is 0 Å². The van der Waals surface area contributed by atoms with Gasteiger partial charge in [-0.1, -0.05) is 12.1 Å². The number of hydrogen-bond acceptors (Lipinski definition) is 0. The highest BCUT2D eigenvalue weighted by Crippen LogP contribution is 2.24. The van der Waals surface area contributed by atoms with Crippen LogP contribution in [0.1, 0.15) is 11.3 Å². The molecule has 2 heteroatoms. The Bertz CT molecular complexity index is 429. The lowest BCUT2D eigenvalue weighted by molar-refractivity contribution is 1.28. The van der Waals surface area contributed by atoms with Crippen LogP contribution in [0.15, 0.2) is 18.2 Å². The number of benzene rings is 1. The van der Waals surface area contributed by atoms with Crippen LogP contribution in [0, 0.1) is 17.4 Å². The van der Waals surface area contributed by atoms with Crippen molar-refractivity contribution >= 4 is 33.5 Å². The number of halogens is 1. The highest BCUT2D eigenvalue weighted by molar-refractivity contribution is 14.1. The van der Waals surface area contributed by atoms with Crippen LogP contribution in [0.3, 0.4) is 0 Å². The SMILES string of the molecule is Cc1ccc2c(I)c(C)[nH]c2c1. The number of aromatic nitrogens is 1. The average Bonchev–Trinajstić information content (AvgIpc) is 2.28. The van der Waals surface area contributed by atoms with E-state index in [4.69, 9.17) is 0 Å². The van der Waals surface area contributed by atoms with Crippen molar-refractivity contribution in [3.05, 3.63) is 33.0 Å². The summed E-state index contributed by atoms with van der Waals surface area (Å²) in [4.78, 5) is 3.36. The Morgan fingerprint density at radius 3 is 2.75 bits per heavy atom. The van der Waals surface area contributed by atoms with Crippen LogP contribution in [0.25, 0.3) is 10.9 Å². The number of aryl methyl sites for hydroxylation is 2. The standard InChI is InChI=1S/C10H10IN/c1-6-3-4-8-9(5-6)12-7(2)10(8)11/h3-5,12H,1-2H3. The zero-order valence-corrected chi connectivity index (χ0v) is 9.27. The molecule has 0 unspecified atom stereocenters. The molecule has 0 spiro atoms. The van der Waals surface area contributed by atoms with Crippen molar-refractivity contribution in [2.45, 2.75) is 13.8 Å². The van der Waals surface area contributed by atoms with Crippen molar-refractivity contribution in [3.63, 3.8) is 0 Å². The molecular formula is C10H10IN. The van der Waals surface area contributed by atoms with Crippen molar-refractivity contribution in [1.82, 2.24) is 4.98 Å². The minimum atomic E-state index is 1.25. The molecule has 1 nitrogen and oxygen atoms in total. The maximum atomic E-state index is 3.36. The zero-order chi connectivity index (χ0) is 8.72. The maximum absolute atomic E-state index is 3.36. The van der Waals surface area contributed by atoms with Gasteiger partial charge in [0.25, 0.3) is 0 Å². The predicted molar refractivity (Wildman–Crippen MR) is 60.5 cm³/mol. The number of H-pyrrole nitrogens is 1. The van der Waals surface area contributed by atoms with Crippen LogP contribution in [0.4, 0.5) is 0 Å². The Labute approximate surface area is 85.3 Å². The van der Waals surface area contributed by atoms with Crippen LogP contribution >= 0.6 is 22.6 Å². The molecule has 1 N–H and O–H groups in total. The van der Waals surface area contributed by atoms with Gasteiger partial charge in [0.2, 0.25) is 0 Å². The summed E-state index contributed by atoms with van der Waals surface area (Å²) < 4.78 is 1.34. The molecule has 0 fully saturated rings. The van der Waals surface area contributed by atoms with Crippen molar-refractivity contribution in [3.8, 4) is 0 Å². The molecule has 1 heterocycles. The summed E-state index contributed by atoms with van der Waals surface area (Å²) in [5, 5.41) is 1.33. The number of aromatic amines is 1. The van der Waals surface area contributed by atoms with Gasteiger partial charge in [0.1, 0.15) is 0 Å². The van der Waals surface area contributed by atoms with Gasteiger partial charge in [-0.05, 0) is 48.1 Å². The Kier molecular flexibility index (Phi) is 1.87. The monoisotopic (exact) mass is 271 g/mol. The van der Waals surface area contributed by atoms with E-state index >= 15 is 0 Å². The van der Waals surface area contributed by atoms with Crippen molar-refractivity contribution in [2.75, 3.05) is 0 Å². The first-order valence-electron chi connectivity index (χ1n) is 3.93. The number of hydrogen-bond donors (Lipinski definition) is 1. The lowest BCUT2D eigenvalue weighted by Crippen LogP contribution is -1.71. The van der Waals surface area contributed by atoms with E-state index in [1.165, 1.54) is 25.7 Å². The first-order chi connectivity index (χ1) is 5.68. The fourth-order valence-corrected chi connectivity index (χ4v) is 2.02. The second-order valence-electron chi connectivity index (χ2n) is 3.11. The predicted octanol–water partition coefficient (Wildman–Crippen LogP) is 3.39. The van der Waals surface area contributed by atoms with Gasteiger partial charge >= 0.3 is 0 Å². The molecule has 0 bridgehead atoms. The third-order valence-corrected chi connectivity index (χ3v) is 3.45. The van der Waals surface area contributed by atoms with Crippen LogP contribution in [-0.2, 0) is 0 Å². The Morgan fingerprint density at radius 2 is 2.00 bits per heavy atom. The molecule has 0 aliphatic rings. The fraction of sp³-hybridized carbons (Fsp3) is 0.200. The third-order valence-electron chi connectivity index (χ3n) is 2.06. The lowest BCUT2D eigenvalue weighted by Gasteiger charge is -1.92. The second-order valence-corrected chi connectivity index (χ2v) is 4.19. The molecule has 0 aliphatic heterocycles. The number of rotatable bonds is 0. The summed E-state index contributed by atoms with van der Waals surface area (Å²) >= 11 is 2.38. The van der Waals surface area contributed by atoms with Gasteiger partial charge in [-0.2, -0.15) is 0 Å². The summed E-state index contributed by atoms with van der Waals surface area (Å²) in [6.07, 6.45) is 0. The molecule has 0 atom stereocenters. The summed E-state index contributed by atoms with van der Waals surface area (Å²) in [6, 6.07) is 6.51. The third kappa shape index (κ3) is 1.14. The first kappa shape index (κ1) is 8.10. The van der Waals surface area contributed by atoms with E-state index in [9.17, 15) is 0 Å². The van der Waals surface area contributed by atoms with Crippen LogP contribution in [0.2, 0.25) is 0 Å². The van der Waals surface area contributed by atoms with E-state index in [0.29, 0.717) is 0 Å². The number of fused-ring (bicyclic) bond motifs is 1. The van der Waals surface area contributed by atoms with Gasteiger partial charge < -0.3 is 4.98 Å². The van der Waals surface area contributed by atoms with E-state index in [1.807, 2.05) is 0 Å². The molecule has 1 aromatic carbocycles. The Morgan fingerprint density at radius 1 is 1.25 bits per heavy atom. The van der Waals surface area contributed by atoms with E-state index in [2.05, 4.69) is 59.6 Å².